The number of aromatic amines is 1. The van der Waals surface area contributed by atoms with E-state index in [0.717, 1.165) is 12.8 Å². The highest BCUT2D eigenvalue weighted by atomic mass is 35.5. The third-order valence-corrected chi connectivity index (χ3v) is 2.43. The molecular formula is C8H10ClN3O2. The van der Waals surface area contributed by atoms with Crippen LogP contribution in [0.25, 0.3) is 0 Å². The molecular weight excluding hydrogens is 206 g/mol. The van der Waals surface area contributed by atoms with Crippen molar-refractivity contribution in [3.05, 3.63) is 10.7 Å². The van der Waals surface area contributed by atoms with Gasteiger partial charge in [0.25, 0.3) is 0 Å². The minimum atomic E-state index is -0.923. The molecule has 0 radical (unpaired) electrons. The largest absolute Gasteiger partial charge is 0.481 e. The Balaban J connectivity index is 2.09. The molecule has 6 heteroatoms. The molecule has 2 rings (SSSR count). The second-order valence-electron chi connectivity index (χ2n) is 3.35. The molecule has 1 aliphatic carbocycles. The number of rotatable bonds is 4. The van der Waals surface area contributed by atoms with E-state index in [-0.39, 0.29) is 6.42 Å². The molecule has 3 N–H and O–H groups in total. The fourth-order valence-electron chi connectivity index (χ4n) is 1.15. The van der Waals surface area contributed by atoms with E-state index >= 15 is 0 Å². The number of halogens is 1. The summed E-state index contributed by atoms with van der Waals surface area (Å²) in [5.74, 6) is -0.362. The average molecular weight is 216 g/mol. The van der Waals surface area contributed by atoms with Gasteiger partial charge in [-0.05, 0) is 12.8 Å². The van der Waals surface area contributed by atoms with Gasteiger partial charge in [0.2, 0.25) is 0 Å². The highest BCUT2D eigenvalue weighted by molar-refractivity contribution is 6.33. The first-order valence-corrected chi connectivity index (χ1v) is 4.75. The summed E-state index contributed by atoms with van der Waals surface area (Å²) in [5, 5.41) is 18.6. The number of aromatic nitrogens is 2. The normalized spacial score (nSPS) is 15.5. The molecule has 76 valence electrons. The van der Waals surface area contributed by atoms with E-state index in [2.05, 4.69) is 15.5 Å². The van der Waals surface area contributed by atoms with Gasteiger partial charge < -0.3 is 10.4 Å². The highest BCUT2D eigenvalue weighted by Crippen LogP contribution is 2.29. The number of aliphatic carboxylic acids is 1. The predicted molar refractivity (Wildman–Crippen MR) is 51.6 cm³/mol. The Kier molecular flexibility index (Phi) is 2.33. The van der Waals surface area contributed by atoms with Gasteiger partial charge in [-0.2, -0.15) is 5.10 Å². The van der Waals surface area contributed by atoms with Crippen LogP contribution in [0.15, 0.2) is 0 Å². The number of carbonyl (C=O) groups is 1. The van der Waals surface area contributed by atoms with Crippen LogP contribution in [-0.2, 0) is 11.2 Å². The van der Waals surface area contributed by atoms with Crippen molar-refractivity contribution >= 4 is 23.4 Å². The molecule has 0 bridgehead atoms. The standard InChI is InChI=1S/C8H10ClN3O2/c9-7-5(3-6(13)14)11-12-8(7)10-4-1-2-4/h4H,1-3H2,(H,13,14)(H2,10,11,12). The maximum Gasteiger partial charge on any atom is 0.309 e. The monoisotopic (exact) mass is 215 g/mol. The van der Waals surface area contributed by atoms with Crippen molar-refractivity contribution in [3.63, 3.8) is 0 Å². The number of H-pyrrole nitrogens is 1. The Bertz CT molecular complexity index is 359. The molecule has 0 aliphatic heterocycles. The molecule has 0 atom stereocenters. The zero-order valence-corrected chi connectivity index (χ0v) is 8.14. The van der Waals surface area contributed by atoms with Gasteiger partial charge in [-0.1, -0.05) is 11.6 Å². The van der Waals surface area contributed by atoms with Gasteiger partial charge in [0.1, 0.15) is 5.02 Å². The van der Waals surface area contributed by atoms with Crippen LogP contribution in [0.5, 0.6) is 0 Å². The van der Waals surface area contributed by atoms with Gasteiger partial charge in [0.05, 0.1) is 12.1 Å². The van der Waals surface area contributed by atoms with Crippen molar-refractivity contribution in [2.45, 2.75) is 25.3 Å². The van der Waals surface area contributed by atoms with Crippen LogP contribution in [0.4, 0.5) is 5.82 Å². The smallest absolute Gasteiger partial charge is 0.309 e. The summed E-state index contributed by atoms with van der Waals surface area (Å²) in [6.45, 7) is 0. The molecule has 1 fully saturated rings. The molecule has 0 spiro atoms. The van der Waals surface area contributed by atoms with E-state index in [9.17, 15) is 4.79 Å². The van der Waals surface area contributed by atoms with Gasteiger partial charge in [-0.25, -0.2) is 0 Å². The van der Waals surface area contributed by atoms with Gasteiger partial charge in [0.15, 0.2) is 5.82 Å². The van der Waals surface area contributed by atoms with Crippen LogP contribution < -0.4 is 5.32 Å². The van der Waals surface area contributed by atoms with Crippen molar-refractivity contribution in [2.75, 3.05) is 5.32 Å². The van der Waals surface area contributed by atoms with Crippen molar-refractivity contribution < 1.29 is 9.90 Å². The van der Waals surface area contributed by atoms with E-state index in [0.29, 0.717) is 22.6 Å². The Morgan fingerprint density at radius 2 is 2.43 bits per heavy atom. The average Bonchev–Trinajstić information content (AvgIpc) is 2.86. The van der Waals surface area contributed by atoms with Gasteiger partial charge in [-0.15, -0.1) is 0 Å². The minimum absolute atomic E-state index is 0.127. The minimum Gasteiger partial charge on any atom is -0.481 e. The van der Waals surface area contributed by atoms with Crippen molar-refractivity contribution in [1.29, 1.82) is 0 Å². The van der Waals surface area contributed by atoms with Crippen molar-refractivity contribution in [3.8, 4) is 0 Å². The summed E-state index contributed by atoms with van der Waals surface area (Å²) in [7, 11) is 0. The Morgan fingerprint density at radius 1 is 1.71 bits per heavy atom. The maximum absolute atomic E-state index is 10.4. The molecule has 0 unspecified atom stereocenters. The summed E-state index contributed by atoms with van der Waals surface area (Å²) in [5.41, 5.74) is 0.447. The number of carboxylic acid groups (broad SMARTS) is 1. The third kappa shape index (κ3) is 1.98. The number of nitrogens with one attached hydrogen (secondary N) is 2. The van der Waals surface area contributed by atoms with E-state index in [1.165, 1.54) is 0 Å². The zero-order valence-electron chi connectivity index (χ0n) is 7.38. The van der Waals surface area contributed by atoms with E-state index in [1.807, 2.05) is 0 Å². The number of hydrogen-bond acceptors (Lipinski definition) is 3. The zero-order chi connectivity index (χ0) is 10.1. The van der Waals surface area contributed by atoms with Crippen LogP contribution >= 0.6 is 11.6 Å². The first-order valence-electron chi connectivity index (χ1n) is 4.38. The molecule has 0 aromatic carbocycles. The summed E-state index contributed by atoms with van der Waals surface area (Å²) in [6, 6.07) is 0.452. The van der Waals surface area contributed by atoms with E-state index < -0.39 is 5.97 Å². The molecule has 1 aromatic rings. The van der Waals surface area contributed by atoms with E-state index in [1.54, 1.807) is 0 Å². The number of carboxylic acids is 1. The van der Waals surface area contributed by atoms with E-state index in [4.69, 9.17) is 16.7 Å². The van der Waals surface area contributed by atoms with Crippen LogP contribution in [-0.4, -0.2) is 27.3 Å². The van der Waals surface area contributed by atoms with Crippen LogP contribution in [0.1, 0.15) is 18.5 Å². The van der Waals surface area contributed by atoms with Crippen molar-refractivity contribution in [2.24, 2.45) is 0 Å². The molecule has 1 heterocycles. The molecule has 0 amide bonds. The molecule has 5 nitrogen and oxygen atoms in total. The summed E-state index contributed by atoms with van der Waals surface area (Å²) >= 11 is 5.92. The quantitative estimate of drug-likeness (QED) is 0.707. The summed E-state index contributed by atoms with van der Waals surface area (Å²) in [6.07, 6.45) is 2.12. The lowest BCUT2D eigenvalue weighted by molar-refractivity contribution is -0.136. The molecule has 1 saturated carbocycles. The SMILES string of the molecule is O=C(O)Cc1[nH]nc(NC2CC2)c1Cl. The summed E-state index contributed by atoms with van der Waals surface area (Å²) in [4.78, 5) is 10.4. The number of hydrogen-bond donors (Lipinski definition) is 3. The van der Waals surface area contributed by atoms with Gasteiger partial charge in [0, 0.05) is 6.04 Å². The molecule has 0 saturated heterocycles. The molecule has 1 aliphatic rings. The summed E-state index contributed by atoms with van der Waals surface area (Å²) < 4.78 is 0. The second kappa shape index (κ2) is 3.49. The fraction of sp³-hybridized carbons (Fsp3) is 0.500. The lowest BCUT2D eigenvalue weighted by Crippen LogP contribution is -2.02. The molecule has 14 heavy (non-hydrogen) atoms. The first kappa shape index (κ1) is 9.33. The Hall–Kier alpha value is -1.23. The maximum atomic E-state index is 10.4. The Morgan fingerprint density at radius 3 is 3.00 bits per heavy atom. The number of anilines is 1. The second-order valence-corrected chi connectivity index (χ2v) is 3.73. The predicted octanol–water partition coefficient (Wildman–Crippen LogP) is 1.26. The van der Waals surface area contributed by atoms with Crippen LogP contribution in [0.3, 0.4) is 0 Å². The van der Waals surface area contributed by atoms with Gasteiger partial charge in [-0.3, -0.25) is 9.89 Å². The topological polar surface area (TPSA) is 78.0 Å². The van der Waals surface area contributed by atoms with Crippen LogP contribution in [0.2, 0.25) is 5.02 Å². The van der Waals surface area contributed by atoms with Gasteiger partial charge >= 0.3 is 5.97 Å². The fourth-order valence-corrected chi connectivity index (χ4v) is 1.36. The lowest BCUT2D eigenvalue weighted by atomic mass is 10.3. The number of nitrogens with zero attached hydrogens (tertiary/aromatic N) is 1. The highest BCUT2D eigenvalue weighted by Gasteiger charge is 2.24. The third-order valence-electron chi connectivity index (χ3n) is 2.02. The Labute approximate surface area is 85.5 Å². The van der Waals surface area contributed by atoms with Crippen LogP contribution in [0, 0.1) is 0 Å². The first-order chi connectivity index (χ1) is 6.66. The lowest BCUT2D eigenvalue weighted by Gasteiger charge is -1.98. The molecule has 1 aromatic heterocycles. The van der Waals surface area contributed by atoms with Crippen molar-refractivity contribution in [1.82, 2.24) is 10.2 Å².